The molecule has 0 unspecified atom stereocenters. The molecule has 2 amide bonds. The number of amides is 2. The number of para-hydroxylation sites is 1. The molecular weight excluding hydrogens is 406 g/mol. The van der Waals surface area contributed by atoms with E-state index >= 15 is 0 Å². The molecule has 1 aliphatic rings. The van der Waals surface area contributed by atoms with E-state index in [9.17, 15) is 9.59 Å². The summed E-state index contributed by atoms with van der Waals surface area (Å²) in [5.74, 6) is 0.269. The maximum Gasteiger partial charge on any atom is 0.298 e. The van der Waals surface area contributed by atoms with E-state index in [1.165, 1.54) is 0 Å². The zero-order chi connectivity index (χ0) is 20.2. The third-order valence-electron chi connectivity index (χ3n) is 4.30. The van der Waals surface area contributed by atoms with E-state index in [1.54, 1.807) is 30.3 Å². The zero-order valence-electron chi connectivity index (χ0n) is 15.2. The van der Waals surface area contributed by atoms with Crippen molar-refractivity contribution < 1.29 is 14.3 Å². The molecule has 0 radical (unpaired) electrons. The molecule has 0 saturated carbocycles. The lowest BCUT2D eigenvalue weighted by Crippen LogP contribution is -2.27. The maximum atomic E-state index is 12.9. The summed E-state index contributed by atoms with van der Waals surface area (Å²) in [4.78, 5) is 26.8. The Kier molecular flexibility index (Phi) is 5.69. The van der Waals surface area contributed by atoms with Crippen LogP contribution < -0.4 is 9.64 Å². The third-order valence-corrected chi connectivity index (χ3v) is 5.41. The predicted molar refractivity (Wildman–Crippen MR) is 117 cm³/mol. The highest BCUT2D eigenvalue weighted by Gasteiger charge is 2.36. The highest BCUT2D eigenvalue weighted by Crippen LogP contribution is 2.37. The third kappa shape index (κ3) is 4.36. The fraction of sp³-hybridized carbons (Fsp3) is 0.0435. The molecule has 0 bridgehead atoms. The van der Waals surface area contributed by atoms with Crippen LogP contribution in [-0.4, -0.2) is 11.1 Å². The number of benzene rings is 3. The molecule has 4 rings (SSSR count). The summed E-state index contributed by atoms with van der Waals surface area (Å²) in [6.07, 6.45) is 1.69. The van der Waals surface area contributed by atoms with Gasteiger partial charge in [0.1, 0.15) is 12.4 Å². The molecule has 3 aromatic rings. The molecule has 0 aliphatic carbocycles. The number of anilines is 1. The van der Waals surface area contributed by atoms with Crippen molar-refractivity contribution in [2.75, 3.05) is 4.90 Å². The number of rotatable bonds is 5. The van der Waals surface area contributed by atoms with E-state index in [2.05, 4.69) is 0 Å². The molecule has 0 spiro atoms. The minimum Gasteiger partial charge on any atom is -0.488 e. The van der Waals surface area contributed by atoms with Gasteiger partial charge in [-0.15, -0.1) is 0 Å². The summed E-state index contributed by atoms with van der Waals surface area (Å²) in [7, 11) is 0. The Balaban J connectivity index is 1.58. The number of halogens is 1. The minimum atomic E-state index is -0.375. The first-order chi connectivity index (χ1) is 14.1. The lowest BCUT2D eigenvalue weighted by atomic mass is 10.1. The Hall–Kier alpha value is -3.02. The van der Waals surface area contributed by atoms with Crippen molar-refractivity contribution in [3.63, 3.8) is 0 Å². The molecule has 1 heterocycles. The average molecular weight is 422 g/mol. The Morgan fingerprint density at radius 2 is 1.69 bits per heavy atom. The summed E-state index contributed by atoms with van der Waals surface area (Å²) in [6, 6.07) is 23.9. The van der Waals surface area contributed by atoms with Crippen LogP contribution in [0, 0.1) is 0 Å². The Morgan fingerprint density at radius 3 is 2.48 bits per heavy atom. The second kappa shape index (κ2) is 8.55. The van der Waals surface area contributed by atoms with Gasteiger partial charge >= 0.3 is 0 Å². The first-order valence-electron chi connectivity index (χ1n) is 8.91. The second-order valence-corrected chi connectivity index (χ2v) is 7.74. The number of carbonyl (C=O) groups is 2. The first-order valence-corrected chi connectivity index (χ1v) is 10.1. The van der Waals surface area contributed by atoms with E-state index in [0.29, 0.717) is 28.0 Å². The molecule has 4 nitrogen and oxygen atoms in total. The fourth-order valence-electron chi connectivity index (χ4n) is 2.91. The molecule has 1 aliphatic heterocycles. The van der Waals surface area contributed by atoms with Crippen molar-refractivity contribution in [2.45, 2.75) is 6.61 Å². The van der Waals surface area contributed by atoms with Gasteiger partial charge in [-0.05, 0) is 47.7 Å². The van der Waals surface area contributed by atoms with Crippen molar-refractivity contribution >= 4 is 46.3 Å². The van der Waals surface area contributed by atoms with Crippen LogP contribution in [0.1, 0.15) is 11.1 Å². The van der Waals surface area contributed by atoms with Crippen LogP contribution in [0.25, 0.3) is 6.08 Å². The summed E-state index contributed by atoms with van der Waals surface area (Å²) in [6.45, 7) is 0.412. The monoisotopic (exact) mass is 421 g/mol. The fourth-order valence-corrected chi connectivity index (χ4v) is 3.93. The van der Waals surface area contributed by atoms with Crippen LogP contribution in [0.5, 0.6) is 5.75 Å². The topological polar surface area (TPSA) is 46.6 Å². The lowest BCUT2D eigenvalue weighted by molar-refractivity contribution is -0.113. The summed E-state index contributed by atoms with van der Waals surface area (Å²) >= 11 is 6.90. The number of carbonyl (C=O) groups excluding carboxylic acids is 2. The second-order valence-electron chi connectivity index (χ2n) is 6.31. The highest BCUT2D eigenvalue weighted by molar-refractivity contribution is 8.19. The SMILES string of the molecule is O=C1S/C(=C/c2ccccc2OCc2ccccc2)C(=O)N1c1cccc(Cl)c1. The van der Waals surface area contributed by atoms with Gasteiger partial charge < -0.3 is 4.74 Å². The van der Waals surface area contributed by atoms with Crippen LogP contribution in [-0.2, 0) is 11.4 Å². The van der Waals surface area contributed by atoms with E-state index in [0.717, 1.165) is 27.8 Å². The van der Waals surface area contributed by atoms with Crippen LogP contribution in [0.2, 0.25) is 5.02 Å². The zero-order valence-corrected chi connectivity index (χ0v) is 16.8. The van der Waals surface area contributed by atoms with Crippen molar-refractivity contribution in [1.82, 2.24) is 0 Å². The molecule has 6 heteroatoms. The van der Waals surface area contributed by atoms with Gasteiger partial charge in [0.15, 0.2) is 0 Å². The molecule has 144 valence electrons. The molecule has 1 fully saturated rings. The summed E-state index contributed by atoms with van der Waals surface area (Å²) in [5, 5.41) is 0.108. The largest absolute Gasteiger partial charge is 0.488 e. The molecule has 3 aromatic carbocycles. The highest BCUT2D eigenvalue weighted by atomic mass is 35.5. The number of hydrogen-bond donors (Lipinski definition) is 0. The van der Waals surface area contributed by atoms with Gasteiger partial charge in [-0.1, -0.05) is 66.2 Å². The Labute approximate surface area is 177 Å². The van der Waals surface area contributed by atoms with Crippen LogP contribution >= 0.6 is 23.4 Å². The predicted octanol–water partition coefficient (Wildman–Crippen LogP) is 6.16. The van der Waals surface area contributed by atoms with Gasteiger partial charge in [0.05, 0.1) is 10.6 Å². The van der Waals surface area contributed by atoms with Crippen molar-refractivity contribution in [3.05, 3.63) is 99.9 Å². The molecule has 1 saturated heterocycles. The minimum absolute atomic E-state index is 0.339. The number of hydrogen-bond acceptors (Lipinski definition) is 4. The normalized spacial score (nSPS) is 15.2. The standard InChI is InChI=1S/C23H16ClNO3S/c24-18-10-6-11-19(14-18)25-22(26)21(29-23(25)27)13-17-9-4-5-12-20(17)28-15-16-7-2-1-3-8-16/h1-14H,15H2/b21-13+. The van der Waals surface area contributed by atoms with Crippen molar-refractivity contribution in [2.24, 2.45) is 0 Å². The van der Waals surface area contributed by atoms with E-state index in [4.69, 9.17) is 16.3 Å². The summed E-state index contributed by atoms with van der Waals surface area (Å²) < 4.78 is 5.94. The Morgan fingerprint density at radius 1 is 0.931 bits per heavy atom. The quantitative estimate of drug-likeness (QED) is 0.463. The van der Waals surface area contributed by atoms with Gasteiger partial charge in [0, 0.05) is 10.6 Å². The summed E-state index contributed by atoms with van der Waals surface area (Å²) in [5.41, 5.74) is 2.24. The van der Waals surface area contributed by atoms with Gasteiger partial charge in [0.25, 0.3) is 11.1 Å². The first kappa shape index (κ1) is 19.3. The number of imide groups is 1. The number of thioether (sulfide) groups is 1. The number of nitrogens with zero attached hydrogens (tertiary/aromatic N) is 1. The molecule has 0 atom stereocenters. The van der Waals surface area contributed by atoms with E-state index in [1.807, 2.05) is 54.6 Å². The van der Waals surface area contributed by atoms with Gasteiger partial charge in [-0.25, -0.2) is 4.90 Å². The van der Waals surface area contributed by atoms with E-state index in [-0.39, 0.29) is 11.1 Å². The van der Waals surface area contributed by atoms with Crippen LogP contribution in [0.3, 0.4) is 0 Å². The van der Waals surface area contributed by atoms with Crippen molar-refractivity contribution in [3.8, 4) is 5.75 Å². The average Bonchev–Trinajstić information content (AvgIpc) is 3.01. The van der Waals surface area contributed by atoms with Gasteiger partial charge in [-0.3, -0.25) is 9.59 Å². The molecule has 0 N–H and O–H groups in total. The van der Waals surface area contributed by atoms with Crippen molar-refractivity contribution in [1.29, 1.82) is 0 Å². The molecule has 29 heavy (non-hydrogen) atoms. The molecular formula is C23H16ClNO3S. The van der Waals surface area contributed by atoms with Gasteiger partial charge in [-0.2, -0.15) is 0 Å². The van der Waals surface area contributed by atoms with E-state index < -0.39 is 0 Å². The smallest absolute Gasteiger partial charge is 0.298 e. The Bertz CT molecular complexity index is 1100. The molecule has 0 aromatic heterocycles. The lowest BCUT2D eigenvalue weighted by Gasteiger charge is -2.12. The number of ether oxygens (including phenoxy) is 1. The van der Waals surface area contributed by atoms with Crippen LogP contribution in [0.4, 0.5) is 10.5 Å². The maximum absolute atomic E-state index is 12.9. The van der Waals surface area contributed by atoms with Gasteiger partial charge in [0.2, 0.25) is 0 Å². The van der Waals surface area contributed by atoms with Crippen LogP contribution in [0.15, 0.2) is 83.8 Å².